The highest BCUT2D eigenvalue weighted by molar-refractivity contribution is 5.77. The molecule has 0 bridgehead atoms. The summed E-state index contributed by atoms with van der Waals surface area (Å²) in [6.07, 6.45) is 4.98. The van der Waals surface area contributed by atoms with Gasteiger partial charge in [-0.25, -0.2) is 0 Å². The number of aliphatic hydroxyl groups excluding tert-OH is 1. The summed E-state index contributed by atoms with van der Waals surface area (Å²) in [5, 5.41) is 9.18. The van der Waals surface area contributed by atoms with E-state index in [4.69, 9.17) is 10.5 Å². The van der Waals surface area contributed by atoms with E-state index in [1.165, 1.54) is 0 Å². The monoisotopic (exact) mass is 284 g/mol. The van der Waals surface area contributed by atoms with Crippen molar-refractivity contribution in [2.45, 2.75) is 51.2 Å². The number of morpholine rings is 1. The first-order valence-corrected chi connectivity index (χ1v) is 7.86. The summed E-state index contributed by atoms with van der Waals surface area (Å²) in [4.78, 5) is 14.3. The van der Waals surface area contributed by atoms with E-state index in [1.54, 1.807) is 0 Å². The molecule has 0 radical (unpaired) electrons. The molecule has 0 aromatic rings. The quantitative estimate of drug-likeness (QED) is 0.799. The predicted molar refractivity (Wildman–Crippen MR) is 77.1 cm³/mol. The topological polar surface area (TPSA) is 75.8 Å². The summed E-state index contributed by atoms with van der Waals surface area (Å²) in [5.41, 5.74) is 5.70. The van der Waals surface area contributed by atoms with Gasteiger partial charge in [0, 0.05) is 13.0 Å². The van der Waals surface area contributed by atoms with Gasteiger partial charge in [-0.2, -0.15) is 0 Å². The third kappa shape index (κ3) is 3.93. The highest BCUT2D eigenvalue weighted by Crippen LogP contribution is 2.31. The Kier molecular flexibility index (Phi) is 5.81. The predicted octanol–water partition coefficient (Wildman–Crippen LogP) is 0.750. The van der Waals surface area contributed by atoms with Crippen LogP contribution in [0.15, 0.2) is 0 Å². The second kappa shape index (κ2) is 7.38. The summed E-state index contributed by atoms with van der Waals surface area (Å²) in [7, 11) is 0. The first-order valence-electron chi connectivity index (χ1n) is 7.86. The van der Waals surface area contributed by atoms with Crippen LogP contribution in [0.3, 0.4) is 0 Å². The third-order valence-electron chi connectivity index (χ3n) is 4.79. The van der Waals surface area contributed by atoms with E-state index < -0.39 is 0 Å². The van der Waals surface area contributed by atoms with Gasteiger partial charge in [-0.15, -0.1) is 0 Å². The van der Waals surface area contributed by atoms with Gasteiger partial charge in [0.1, 0.15) is 0 Å². The molecule has 5 nitrogen and oxygen atoms in total. The van der Waals surface area contributed by atoms with Gasteiger partial charge >= 0.3 is 0 Å². The zero-order valence-electron chi connectivity index (χ0n) is 12.5. The fraction of sp³-hybridized carbons (Fsp3) is 0.933. The van der Waals surface area contributed by atoms with Crippen molar-refractivity contribution in [3.63, 3.8) is 0 Å². The second-order valence-corrected chi connectivity index (χ2v) is 6.36. The number of hydrogen-bond acceptors (Lipinski definition) is 4. The first kappa shape index (κ1) is 15.7. The molecule has 1 aliphatic heterocycles. The maximum Gasteiger partial charge on any atom is 0.223 e. The van der Waals surface area contributed by atoms with Crippen LogP contribution in [0.2, 0.25) is 0 Å². The Labute approximate surface area is 121 Å². The van der Waals surface area contributed by atoms with Crippen molar-refractivity contribution in [2.75, 3.05) is 26.3 Å². The van der Waals surface area contributed by atoms with Crippen molar-refractivity contribution in [2.24, 2.45) is 17.6 Å². The lowest BCUT2D eigenvalue weighted by Gasteiger charge is -2.38. The van der Waals surface area contributed by atoms with Gasteiger partial charge in [-0.05, 0) is 51.0 Å². The average Bonchev–Trinajstić information content (AvgIpc) is 2.48. The van der Waals surface area contributed by atoms with Crippen LogP contribution in [-0.2, 0) is 9.53 Å². The lowest BCUT2D eigenvalue weighted by atomic mass is 9.80. The fourth-order valence-corrected chi connectivity index (χ4v) is 3.31. The SMILES string of the molecule is CC1COC(CO)CN1C(=O)CC1CCC(CN)CC1. The lowest BCUT2D eigenvalue weighted by Crippen LogP contribution is -2.52. The van der Waals surface area contributed by atoms with Gasteiger partial charge in [0.05, 0.1) is 25.4 Å². The van der Waals surface area contributed by atoms with Crippen LogP contribution < -0.4 is 5.73 Å². The molecule has 1 amide bonds. The first-order chi connectivity index (χ1) is 9.63. The molecule has 2 fully saturated rings. The smallest absolute Gasteiger partial charge is 0.223 e. The highest BCUT2D eigenvalue weighted by atomic mass is 16.5. The Morgan fingerprint density at radius 3 is 2.55 bits per heavy atom. The van der Waals surface area contributed by atoms with E-state index in [0.717, 1.165) is 32.2 Å². The van der Waals surface area contributed by atoms with E-state index in [2.05, 4.69) is 0 Å². The maximum atomic E-state index is 12.5. The Hall–Kier alpha value is -0.650. The molecule has 0 spiro atoms. The van der Waals surface area contributed by atoms with Crippen LogP contribution in [0, 0.1) is 11.8 Å². The van der Waals surface area contributed by atoms with Gasteiger partial charge < -0.3 is 20.5 Å². The lowest BCUT2D eigenvalue weighted by molar-refractivity contribution is -0.147. The molecule has 20 heavy (non-hydrogen) atoms. The third-order valence-corrected chi connectivity index (χ3v) is 4.79. The molecule has 1 aliphatic carbocycles. The van der Waals surface area contributed by atoms with Crippen molar-refractivity contribution in [3.8, 4) is 0 Å². The molecule has 5 heteroatoms. The van der Waals surface area contributed by atoms with Gasteiger partial charge in [0.25, 0.3) is 0 Å². The molecular weight excluding hydrogens is 256 g/mol. The number of nitrogens with zero attached hydrogens (tertiary/aromatic N) is 1. The Bertz CT molecular complexity index is 316. The Morgan fingerprint density at radius 1 is 1.30 bits per heavy atom. The largest absolute Gasteiger partial charge is 0.394 e. The summed E-state index contributed by atoms with van der Waals surface area (Å²) in [6.45, 7) is 3.82. The van der Waals surface area contributed by atoms with Crippen molar-refractivity contribution >= 4 is 5.91 Å². The van der Waals surface area contributed by atoms with Crippen LogP contribution in [0.4, 0.5) is 0 Å². The minimum atomic E-state index is -0.219. The zero-order chi connectivity index (χ0) is 14.5. The summed E-state index contributed by atoms with van der Waals surface area (Å²) >= 11 is 0. The Morgan fingerprint density at radius 2 is 1.95 bits per heavy atom. The molecule has 2 atom stereocenters. The van der Waals surface area contributed by atoms with Crippen LogP contribution in [0.25, 0.3) is 0 Å². The number of hydrogen-bond donors (Lipinski definition) is 2. The molecule has 0 aromatic heterocycles. The highest BCUT2D eigenvalue weighted by Gasteiger charge is 2.31. The van der Waals surface area contributed by atoms with E-state index in [9.17, 15) is 9.90 Å². The zero-order valence-corrected chi connectivity index (χ0v) is 12.5. The number of ether oxygens (including phenoxy) is 1. The molecule has 3 N–H and O–H groups in total. The Balaban J connectivity index is 1.81. The molecule has 1 heterocycles. The van der Waals surface area contributed by atoms with Crippen molar-refractivity contribution in [1.29, 1.82) is 0 Å². The normalized spacial score (nSPS) is 35.0. The van der Waals surface area contributed by atoms with Gasteiger partial charge in [0.2, 0.25) is 5.91 Å². The summed E-state index contributed by atoms with van der Waals surface area (Å²) in [5.74, 6) is 1.38. The van der Waals surface area contributed by atoms with E-state index in [-0.39, 0.29) is 24.7 Å². The van der Waals surface area contributed by atoms with Crippen molar-refractivity contribution in [1.82, 2.24) is 4.90 Å². The molecule has 116 valence electrons. The van der Waals surface area contributed by atoms with Crippen LogP contribution in [0.5, 0.6) is 0 Å². The number of nitrogens with two attached hydrogens (primary N) is 1. The van der Waals surface area contributed by atoms with Crippen molar-refractivity contribution in [3.05, 3.63) is 0 Å². The van der Waals surface area contributed by atoms with Gasteiger partial charge in [0.15, 0.2) is 0 Å². The average molecular weight is 284 g/mol. The number of amides is 1. The number of rotatable bonds is 4. The molecular formula is C15H28N2O3. The van der Waals surface area contributed by atoms with Crippen LogP contribution >= 0.6 is 0 Å². The number of aliphatic hydroxyl groups is 1. The van der Waals surface area contributed by atoms with Gasteiger partial charge in [-0.1, -0.05) is 0 Å². The summed E-state index contributed by atoms with van der Waals surface area (Å²) in [6, 6.07) is 0.116. The molecule has 0 aromatic carbocycles. The molecule has 2 rings (SSSR count). The molecule has 2 unspecified atom stereocenters. The van der Waals surface area contributed by atoms with Gasteiger partial charge in [-0.3, -0.25) is 4.79 Å². The standard InChI is InChI=1S/C15H28N2O3/c1-11-10-20-14(9-18)8-17(11)15(19)6-12-2-4-13(7-16)5-3-12/h11-14,18H,2-10,16H2,1H3. The minimum Gasteiger partial charge on any atom is -0.394 e. The maximum absolute atomic E-state index is 12.5. The van der Waals surface area contributed by atoms with E-state index in [0.29, 0.717) is 31.4 Å². The minimum absolute atomic E-state index is 0.0158. The summed E-state index contributed by atoms with van der Waals surface area (Å²) < 4.78 is 5.48. The van der Waals surface area contributed by atoms with Crippen molar-refractivity contribution < 1.29 is 14.6 Å². The van der Waals surface area contributed by atoms with Crippen LogP contribution in [0.1, 0.15) is 39.0 Å². The molecule has 1 saturated carbocycles. The van der Waals surface area contributed by atoms with Crippen LogP contribution in [-0.4, -0.2) is 54.4 Å². The molecule has 2 aliphatic rings. The second-order valence-electron chi connectivity index (χ2n) is 6.36. The van der Waals surface area contributed by atoms with E-state index >= 15 is 0 Å². The fourth-order valence-electron chi connectivity index (χ4n) is 3.31. The number of carbonyl (C=O) groups excluding carboxylic acids is 1. The van der Waals surface area contributed by atoms with E-state index in [1.807, 2.05) is 11.8 Å². The number of carbonyl (C=O) groups is 1. The molecule has 1 saturated heterocycles.